The van der Waals surface area contributed by atoms with E-state index < -0.39 is 0 Å². The highest BCUT2D eigenvalue weighted by atomic mass is 16.5. The molecule has 4 heteroatoms. The van der Waals surface area contributed by atoms with Gasteiger partial charge in [-0.25, -0.2) is 0 Å². The third-order valence-corrected chi connectivity index (χ3v) is 5.51. The fraction of sp³-hybridized carbons (Fsp3) is 0.700. The predicted octanol–water partition coefficient (Wildman–Crippen LogP) is 2.94. The lowest BCUT2D eigenvalue weighted by Gasteiger charge is -2.37. The van der Waals surface area contributed by atoms with Crippen molar-refractivity contribution in [3.8, 4) is 5.75 Å². The number of β-amino-alcohol motifs (C(OH)–C–C–N with tert-alkyl or cyclic N) is 1. The second-order valence-electron chi connectivity index (χ2n) is 7.25. The molecule has 1 aliphatic carbocycles. The zero-order valence-electron chi connectivity index (χ0n) is 15.0. The summed E-state index contributed by atoms with van der Waals surface area (Å²) in [5.74, 6) is 0.944. The molecule has 1 heterocycles. The molecule has 1 aromatic carbocycles. The van der Waals surface area contributed by atoms with E-state index >= 15 is 0 Å². The van der Waals surface area contributed by atoms with Gasteiger partial charge in [0.1, 0.15) is 5.75 Å². The van der Waals surface area contributed by atoms with Crippen molar-refractivity contribution in [2.75, 3.05) is 26.8 Å². The summed E-state index contributed by atoms with van der Waals surface area (Å²) < 4.78 is 11.6. The summed E-state index contributed by atoms with van der Waals surface area (Å²) >= 11 is 0. The molecule has 0 amide bonds. The van der Waals surface area contributed by atoms with Crippen LogP contribution < -0.4 is 4.74 Å². The maximum absolute atomic E-state index is 9.82. The molecule has 0 radical (unpaired) electrons. The molecule has 3 atom stereocenters. The fourth-order valence-corrected chi connectivity index (χ4v) is 4.18. The third-order valence-electron chi connectivity index (χ3n) is 5.51. The van der Waals surface area contributed by atoms with E-state index in [9.17, 15) is 5.11 Å². The smallest absolute Gasteiger partial charge is 0.121 e. The molecular weight excluding hydrogens is 302 g/mol. The van der Waals surface area contributed by atoms with E-state index in [1.807, 2.05) is 6.07 Å². The fourth-order valence-electron chi connectivity index (χ4n) is 4.18. The molecule has 1 aromatic rings. The maximum Gasteiger partial charge on any atom is 0.121 e. The Labute approximate surface area is 145 Å². The van der Waals surface area contributed by atoms with Crippen LogP contribution >= 0.6 is 0 Å². The quantitative estimate of drug-likeness (QED) is 0.869. The van der Waals surface area contributed by atoms with Gasteiger partial charge in [0.15, 0.2) is 0 Å². The summed E-state index contributed by atoms with van der Waals surface area (Å²) in [5.41, 5.74) is 2.48. The topological polar surface area (TPSA) is 41.9 Å². The van der Waals surface area contributed by atoms with E-state index in [1.165, 1.54) is 30.4 Å². The van der Waals surface area contributed by atoms with Crippen molar-refractivity contribution in [1.29, 1.82) is 0 Å². The summed E-state index contributed by atoms with van der Waals surface area (Å²) in [6, 6.07) is 6.86. The number of nitrogens with zero attached hydrogens (tertiary/aromatic N) is 1. The zero-order chi connectivity index (χ0) is 16.9. The summed E-state index contributed by atoms with van der Waals surface area (Å²) in [7, 11) is 1.71. The van der Waals surface area contributed by atoms with Crippen LogP contribution in [0.3, 0.4) is 0 Å². The molecule has 2 fully saturated rings. The first-order valence-corrected chi connectivity index (χ1v) is 9.34. The third kappa shape index (κ3) is 4.29. The molecule has 3 rings (SSSR count). The normalized spacial score (nSPS) is 28.2. The van der Waals surface area contributed by atoms with Crippen molar-refractivity contribution >= 4 is 0 Å². The molecule has 2 aliphatic rings. The Bertz CT molecular complexity index is 534. The largest absolute Gasteiger partial charge is 0.496 e. The highest BCUT2D eigenvalue weighted by molar-refractivity contribution is 5.36. The zero-order valence-corrected chi connectivity index (χ0v) is 15.0. The number of rotatable bonds is 6. The van der Waals surface area contributed by atoms with Crippen molar-refractivity contribution < 1.29 is 14.6 Å². The first-order chi connectivity index (χ1) is 11.7. The van der Waals surface area contributed by atoms with Gasteiger partial charge in [0.25, 0.3) is 0 Å². The number of aryl methyl sites for hydroxylation is 1. The lowest BCUT2D eigenvalue weighted by Crippen LogP contribution is -2.46. The maximum atomic E-state index is 9.82. The van der Waals surface area contributed by atoms with E-state index in [4.69, 9.17) is 9.47 Å². The van der Waals surface area contributed by atoms with Gasteiger partial charge in [0.05, 0.1) is 25.9 Å². The molecule has 0 aromatic heterocycles. The Balaban J connectivity index is 1.51. The molecule has 24 heavy (non-hydrogen) atoms. The Morgan fingerprint density at radius 1 is 1.21 bits per heavy atom. The van der Waals surface area contributed by atoms with Crippen molar-refractivity contribution in [3.05, 3.63) is 29.3 Å². The molecule has 0 bridgehead atoms. The first kappa shape index (κ1) is 17.7. The number of ether oxygens (including phenoxy) is 2. The van der Waals surface area contributed by atoms with E-state index in [2.05, 4.69) is 24.0 Å². The van der Waals surface area contributed by atoms with Gasteiger partial charge in [-0.2, -0.15) is 0 Å². The van der Waals surface area contributed by atoms with E-state index in [-0.39, 0.29) is 6.10 Å². The van der Waals surface area contributed by atoms with Crippen LogP contribution in [-0.2, 0) is 11.2 Å². The molecule has 1 aliphatic heterocycles. The molecule has 1 unspecified atom stereocenters. The SMILES string of the molecule is COc1ccc(CCO[C@H]2CCCCC2N2CC[C@H](O)C2)cc1C. The van der Waals surface area contributed by atoms with Gasteiger partial charge in [-0.3, -0.25) is 4.90 Å². The second-order valence-corrected chi connectivity index (χ2v) is 7.25. The van der Waals surface area contributed by atoms with Crippen molar-refractivity contribution in [2.45, 2.75) is 63.7 Å². The number of aliphatic hydroxyl groups is 1. The average molecular weight is 333 g/mol. The minimum Gasteiger partial charge on any atom is -0.496 e. The highest BCUT2D eigenvalue weighted by Crippen LogP contribution is 2.28. The van der Waals surface area contributed by atoms with Gasteiger partial charge in [-0.15, -0.1) is 0 Å². The van der Waals surface area contributed by atoms with Crippen LogP contribution in [0.5, 0.6) is 5.75 Å². The molecular formula is C20H31NO3. The van der Waals surface area contributed by atoms with Gasteiger partial charge in [-0.1, -0.05) is 25.0 Å². The Hall–Kier alpha value is -1.10. The van der Waals surface area contributed by atoms with E-state index in [1.54, 1.807) is 7.11 Å². The average Bonchev–Trinajstić information content (AvgIpc) is 3.02. The Kier molecular flexibility index (Phi) is 6.14. The van der Waals surface area contributed by atoms with Crippen LogP contribution in [0.2, 0.25) is 0 Å². The predicted molar refractivity (Wildman–Crippen MR) is 95.6 cm³/mol. The number of hydrogen-bond acceptors (Lipinski definition) is 4. The number of hydrogen-bond donors (Lipinski definition) is 1. The molecule has 1 N–H and O–H groups in total. The highest BCUT2D eigenvalue weighted by Gasteiger charge is 2.34. The number of aliphatic hydroxyl groups excluding tert-OH is 1. The van der Waals surface area contributed by atoms with Gasteiger partial charge in [0.2, 0.25) is 0 Å². The Morgan fingerprint density at radius 3 is 2.75 bits per heavy atom. The number of methoxy groups -OCH3 is 1. The number of benzene rings is 1. The van der Waals surface area contributed by atoms with Crippen LogP contribution in [0.15, 0.2) is 18.2 Å². The van der Waals surface area contributed by atoms with Crippen LogP contribution in [0, 0.1) is 6.92 Å². The van der Waals surface area contributed by atoms with Crippen LogP contribution in [0.25, 0.3) is 0 Å². The van der Waals surface area contributed by atoms with Crippen LogP contribution in [0.1, 0.15) is 43.2 Å². The number of likely N-dealkylation sites (tertiary alicyclic amines) is 1. The van der Waals surface area contributed by atoms with E-state index in [0.717, 1.165) is 44.7 Å². The molecule has 4 nitrogen and oxygen atoms in total. The van der Waals surface area contributed by atoms with Crippen LogP contribution in [0.4, 0.5) is 0 Å². The monoisotopic (exact) mass is 333 g/mol. The van der Waals surface area contributed by atoms with Gasteiger partial charge >= 0.3 is 0 Å². The molecule has 1 saturated heterocycles. The minimum atomic E-state index is -0.144. The Morgan fingerprint density at radius 2 is 2.04 bits per heavy atom. The molecule has 134 valence electrons. The standard InChI is InChI=1S/C20H31NO3/c1-15-13-16(7-8-19(15)23-2)10-12-24-20-6-4-3-5-18(20)21-11-9-17(22)14-21/h7-8,13,17-18,20,22H,3-6,9-12,14H2,1-2H3/t17-,18?,20-/m0/s1. The van der Waals surface area contributed by atoms with E-state index in [0.29, 0.717) is 12.1 Å². The van der Waals surface area contributed by atoms with Gasteiger partial charge in [0, 0.05) is 19.1 Å². The first-order valence-electron chi connectivity index (χ1n) is 9.34. The lowest BCUT2D eigenvalue weighted by molar-refractivity contribution is -0.0316. The second kappa shape index (κ2) is 8.32. The minimum absolute atomic E-state index is 0.144. The van der Waals surface area contributed by atoms with Crippen molar-refractivity contribution in [1.82, 2.24) is 4.90 Å². The summed E-state index contributed by atoms with van der Waals surface area (Å²) in [4.78, 5) is 2.45. The van der Waals surface area contributed by atoms with Crippen LogP contribution in [-0.4, -0.2) is 55.1 Å². The van der Waals surface area contributed by atoms with Crippen molar-refractivity contribution in [3.63, 3.8) is 0 Å². The summed E-state index contributed by atoms with van der Waals surface area (Å²) in [5, 5.41) is 9.82. The van der Waals surface area contributed by atoms with Crippen molar-refractivity contribution in [2.24, 2.45) is 0 Å². The molecule has 1 saturated carbocycles. The summed E-state index contributed by atoms with van der Waals surface area (Å²) in [6.07, 6.45) is 6.94. The molecule has 0 spiro atoms. The van der Waals surface area contributed by atoms with Gasteiger partial charge < -0.3 is 14.6 Å². The van der Waals surface area contributed by atoms with Gasteiger partial charge in [-0.05, 0) is 49.8 Å². The summed E-state index contributed by atoms with van der Waals surface area (Å²) in [6.45, 7) is 4.69. The lowest BCUT2D eigenvalue weighted by atomic mass is 9.91.